The summed E-state index contributed by atoms with van der Waals surface area (Å²) in [5, 5.41) is 4.97. The molecule has 0 aliphatic rings. The average molecular weight is 363 g/mol. The second-order valence-corrected chi connectivity index (χ2v) is 5.95. The maximum absolute atomic E-state index is 6.06. The third kappa shape index (κ3) is 3.01. The first-order valence-corrected chi connectivity index (χ1v) is 7.81. The van der Waals surface area contributed by atoms with Gasteiger partial charge in [0.25, 0.3) is 0 Å². The number of hydrogen-bond acceptors (Lipinski definition) is 3. The number of nitrogens with one attached hydrogen (secondary N) is 1. The first kappa shape index (κ1) is 14.3. The maximum Gasteiger partial charge on any atom is 0.162 e. The molecule has 0 bridgehead atoms. The zero-order valence-corrected chi connectivity index (χ0v) is 13.7. The molecule has 0 saturated carbocycles. The summed E-state index contributed by atoms with van der Waals surface area (Å²) in [6.45, 7) is 2.85. The molecule has 0 spiro atoms. The van der Waals surface area contributed by atoms with Gasteiger partial charge < -0.3 is 5.32 Å². The van der Waals surface area contributed by atoms with Crippen molar-refractivity contribution in [1.29, 1.82) is 0 Å². The number of fused-ring (bicyclic) bond motifs is 1. The monoisotopic (exact) mass is 361 g/mol. The quantitative estimate of drug-likeness (QED) is 0.700. The van der Waals surface area contributed by atoms with E-state index in [-0.39, 0.29) is 0 Å². The van der Waals surface area contributed by atoms with Gasteiger partial charge in [-0.25, -0.2) is 9.97 Å². The molecule has 0 amide bonds. The molecule has 0 radical (unpaired) electrons. The van der Waals surface area contributed by atoms with Gasteiger partial charge in [0.2, 0.25) is 0 Å². The molecule has 0 fully saturated rings. The number of halogens is 2. The Labute approximate surface area is 136 Å². The van der Waals surface area contributed by atoms with Crippen LogP contribution in [0.1, 0.15) is 6.92 Å². The predicted molar refractivity (Wildman–Crippen MR) is 91.8 cm³/mol. The molecule has 0 saturated heterocycles. The Morgan fingerprint density at radius 1 is 1.14 bits per heavy atom. The first-order chi connectivity index (χ1) is 10.2. The van der Waals surface area contributed by atoms with Crippen molar-refractivity contribution in [1.82, 2.24) is 9.97 Å². The fourth-order valence-corrected chi connectivity index (χ4v) is 2.71. The molecule has 5 heteroatoms. The number of benzene rings is 2. The van der Waals surface area contributed by atoms with E-state index in [4.69, 9.17) is 11.6 Å². The molecule has 0 unspecified atom stereocenters. The number of nitrogens with zero attached hydrogens (tertiary/aromatic N) is 2. The Hall–Kier alpha value is -1.65. The SMILES string of the molecule is CCNc1nc(-c2cccc(Cl)c2)nc2ccc(Br)cc12. The third-order valence-corrected chi connectivity index (χ3v) is 3.81. The Morgan fingerprint density at radius 2 is 2.00 bits per heavy atom. The number of hydrogen-bond donors (Lipinski definition) is 1. The molecule has 3 nitrogen and oxygen atoms in total. The summed E-state index contributed by atoms with van der Waals surface area (Å²) >= 11 is 9.55. The lowest BCUT2D eigenvalue weighted by Crippen LogP contribution is -2.03. The van der Waals surface area contributed by atoms with Crippen LogP contribution in [0.5, 0.6) is 0 Å². The van der Waals surface area contributed by atoms with Crippen molar-refractivity contribution in [3.8, 4) is 11.4 Å². The molecule has 1 N–H and O–H groups in total. The van der Waals surface area contributed by atoms with Gasteiger partial charge in [0.15, 0.2) is 5.82 Å². The van der Waals surface area contributed by atoms with Gasteiger partial charge in [0.1, 0.15) is 5.82 Å². The van der Waals surface area contributed by atoms with Gasteiger partial charge in [-0.3, -0.25) is 0 Å². The topological polar surface area (TPSA) is 37.8 Å². The summed E-state index contributed by atoms with van der Waals surface area (Å²) in [4.78, 5) is 9.28. The number of anilines is 1. The molecule has 1 heterocycles. The largest absolute Gasteiger partial charge is 0.370 e. The summed E-state index contributed by atoms with van der Waals surface area (Å²) in [5.74, 6) is 1.50. The first-order valence-electron chi connectivity index (χ1n) is 6.64. The fraction of sp³-hybridized carbons (Fsp3) is 0.125. The van der Waals surface area contributed by atoms with Crippen molar-refractivity contribution in [3.05, 3.63) is 52.0 Å². The van der Waals surface area contributed by atoms with E-state index in [1.807, 2.05) is 49.4 Å². The summed E-state index contributed by atoms with van der Waals surface area (Å²) in [6.07, 6.45) is 0. The van der Waals surface area contributed by atoms with Crippen LogP contribution >= 0.6 is 27.5 Å². The van der Waals surface area contributed by atoms with Crippen LogP contribution in [0.4, 0.5) is 5.82 Å². The number of rotatable bonds is 3. The van der Waals surface area contributed by atoms with E-state index < -0.39 is 0 Å². The maximum atomic E-state index is 6.06. The molecule has 3 rings (SSSR count). The van der Waals surface area contributed by atoms with E-state index in [9.17, 15) is 0 Å². The second kappa shape index (κ2) is 6.00. The zero-order valence-electron chi connectivity index (χ0n) is 11.4. The van der Waals surface area contributed by atoms with E-state index in [2.05, 4.69) is 31.2 Å². The molecule has 2 aromatic carbocycles. The van der Waals surface area contributed by atoms with E-state index >= 15 is 0 Å². The lowest BCUT2D eigenvalue weighted by molar-refractivity contribution is 1.14. The van der Waals surface area contributed by atoms with Crippen LogP contribution in [0, 0.1) is 0 Å². The van der Waals surface area contributed by atoms with Crippen LogP contribution in [-0.2, 0) is 0 Å². The van der Waals surface area contributed by atoms with Crippen LogP contribution in [0.3, 0.4) is 0 Å². The molecular weight excluding hydrogens is 350 g/mol. The van der Waals surface area contributed by atoms with Crippen molar-refractivity contribution in [2.45, 2.75) is 6.92 Å². The van der Waals surface area contributed by atoms with Gasteiger partial charge in [0, 0.05) is 27.0 Å². The van der Waals surface area contributed by atoms with Crippen LogP contribution in [-0.4, -0.2) is 16.5 Å². The average Bonchev–Trinajstić information content (AvgIpc) is 2.48. The molecule has 21 heavy (non-hydrogen) atoms. The summed E-state index contributed by atoms with van der Waals surface area (Å²) in [7, 11) is 0. The Morgan fingerprint density at radius 3 is 2.76 bits per heavy atom. The smallest absolute Gasteiger partial charge is 0.162 e. The Bertz CT molecular complexity index is 805. The summed E-state index contributed by atoms with van der Waals surface area (Å²) in [6, 6.07) is 13.6. The van der Waals surface area contributed by atoms with Crippen LogP contribution in [0.2, 0.25) is 5.02 Å². The lowest BCUT2D eigenvalue weighted by Gasteiger charge is -2.10. The zero-order chi connectivity index (χ0) is 14.8. The molecule has 1 aromatic heterocycles. The van der Waals surface area contributed by atoms with Gasteiger partial charge in [-0.15, -0.1) is 0 Å². The van der Waals surface area contributed by atoms with Crippen molar-refractivity contribution >= 4 is 44.3 Å². The van der Waals surface area contributed by atoms with Crippen LogP contribution in [0.25, 0.3) is 22.3 Å². The third-order valence-electron chi connectivity index (χ3n) is 3.08. The molecule has 3 aromatic rings. The van der Waals surface area contributed by atoms with E-state index in [1.165, 1.54) is 0 Å². The minimum absolute atomic E-state index is 0.670. The standard InChI is InChI=1S/C16H13BrClN3/c1-2-19-16-13-9-11(17)6-7-14(13)20-15(21-16)10-4-3-5-12(18)8-10/h3-9H,2H2,1H3,(H,19,20,21). The highest BCUT2D eigenvalue weighted by Crippen LogP contribution is 2.28. The highest BCUT2D eigenvalue weighted by molar-refractivity contribution is 9.10. The molecular formula is C16H13BrClN3. The van der Waals surface area contributed by atoms with E-state index in [1.54, 1.807) is 0 Å². The minimum Gasteiger partial charge on any atom is -0.370 e. The summed E-state index contributed by atoms with van der Waals surface area (Å²) in [5.41, 5.74) is 1.81. The van der Waals surface area contributed by atoms with Crippen LogP contribution in [0.15, 0.2) is 46.9 Å². The normalized spacial score (nSPS) is 10.8. The van der Waals surface area contributed by atoms with Crippen LogP contribution < -0.4 is 5.32 Å². The predicted octanol–water partition coefficient (Wildman–Crippen LogP) is 5.14. The van der Waals surface area contributed by atoms with Gasteiger partial charge in [-0.1, -0.05) is 39.7 Å². The molecule has 106 valence electrons. The molecule has 0 aliphatic carbocycles. The van der Waals surface area contributed by atoms with E-state index in [0.717, 1.165) is 33.3 Å². The number of aromatic nitrogens is 2. The highest BCUT2D eigenvalue weighted by Gasteiger charge is 2.09. The fourth-order valence-electron chi connectivity index (χ4n) is 2.16. The highest BCUT2D eigenvalue weighted by atomic mass is 79.9. The summed E-state index contributed by atoms with van der Waals surface area (Å²) < 4.78 is 1.01. The van der Waals surface area contributed by atoms with Crippen molar-refractivity contribution in [2.75, 3.05) is 11.9 Å². The van der Waals surface area contributed by atoms with Crippen molar-refractivity contribution in [3.63, 3.8) is 0 Å². The lowest BCUT2D eigenvalue weighted by atomic mass is 10.2. The van der Waals surface area contributed by atoms with Gasteiger partial charge in [-0.05, 0) is 37.3 Å². The Kier molecular flexibility index (Phi) is 4.08. The van der Waals surface area contributed by atoms with Crippen molar-refractivity contribution in [2.24, 2.45) is 0 Å². The second-order valence-electron chi connectivity index (χ2n) is 4.60. The van der Waals surface area contributed by atoms with Crippen molar-refractivity contribution < 1.29 is 0 Å². The minimum atomic E-state index is 0.670. The van der Waals surface area contributed by atoms with Gasteiger partial charge >= 0.3 is 0 Å². The molecule has 0 atom stereocenters. The van der Waals surface area contributed by atoms with E-state index in [0.29, 0.717) is 10.8 Å². The molecule has 0 aliphatic heterocycles. The Balaban J connectivity index is 2.23. The van der Waals surface area contributed by atoms with Gasteiger partial charge in [-0.2, -0.15) is 0 Å². The van der Waals surface area contributed by atoms with Gasteiger partial charge in [0.05, 0.1) is 5.52 Å².